The van der Waals surface area contributed by atoms with Crippen LogP contribution in [0.15, 0.2) is 18.5 Å². The Balaban J connectivity index is 2.56. The zero-order valence-corrected chi connectivity index (χ0v) is 7.12. The van der Waals surface area contributed by atoms with Crippen LogP contribution in [0.4, 0.5) is 0 Å². The van der Waals surface area contributed by atoms with Gasteiger partial charge in [0.25, 0.3) is 0 Å². The molecule has 0 aliphatic heterocycles. The van der Waals surface area contributed by atoms with Gasteiger partial charge in [0.1, 0.15) is 0 Å². The lowest BCUT2D eigenvalue weighted by Gasteiger charge is -2.22. The van der Waals surface area contributed by atoms with E-state index in [1.54, 1.807) is 6.20 Å². The van der Waals surface area contributed by atoms with E-state index in [0.29, 0.717) is 0 Å². The highest BCUT2D eigenvalue weighted by molar-refractivity contribution is 4.83. The summed E-state index contributed by atoms with van der Waals surface area (Å²) >= 11 is 0. The molecule has 11 heavy (non-hydrogen) atoms. The van der Waals surface area contributed by atoms with E-state index in [1.807, 2.05) is 23.9 Å². The number of rotatable bonds is 3. The SMILES string of the molecule is CCC(C)(N)Cn1cccn1. The summed E-state index contributed by atoms with van der Waals surface area (Å²) in [5.74, 6) is 0. The first-order valence-corrected chi connectivity index (χ1v) is 3.90. The number of nitrogens with zero attached hydrogens (tertiary/aromatic N) is 2. The molecule has 3 nitrogen and oxygen atoms in total. The minimum absolute atomic E-state index is 0.133. The van der Waals surface area contributed by atoms with Gasteiger partial charge in [-0.05, 0) is 19.4 Å². The van der Waals surface area contributed by atoms with Gasteiger partial charge in [0.15, 0.2) is 0 Å². The standard InChI is InChI=1S/C8H15N3/c1-3-8(2,9)7-11-6-4-5-10-11/h4-6H,3,7,9H2,1-2H3. The Morgan fingerprint density at radius 1 is 1.64 bits per heavy atom. The lowest BCUT2D eigenvalue weighted by Crippen LogP contribution is -2.40. The van der Waals surface area contributed by atoms with Crippen molar-refractivity contribution >= 4 is 0 Å². The van der Waals surface area contributed by atoms with Crippen molar-refractivity contribution in [2.75, 3.05) is 0 Å². The van der Waals surface area contributed by atoms with E-state index in [2.05, 4.69) is 12.0 Å². The van der Waals surface area contributed by atoms with E-state index in [9.17, 15) is 0 Å². The molecule has 2 N–H and O–H groups in total. The number of hydrogen-bond donors (Lipinski definition) is 1. The third kappa shape index (κ3) is 2.35. The molecule has 3 heteroatoms. The van der Waals surface area contributed by atoms with Crippen LogP contribution in [0.3, 0.4) is 0 Å². The molecule has 0 bridgehead atoms. The van der Waals surface area contributed by atoms with Crippen LogP contribution in [-0.4, -0.2) is 15.3 Å². The van der Waals surface area contributed by atoms with E-state index in [1.165, 1.54) is 0 Å². The zero-order chi connectivity index (χ0) is 8.32. The summed E-state index contributed by atoms with van der Waals surface area (Å²) in [6.45, 7) is 4.91. The minimum Gasteiger partial charge on any atom is -0.324 e. The first-order chi connectivity index (χ1) is 5.14. The van der Waals surface area contributed by atoms with E-state index in [4.69, 9.17) is 5.73 Å². The van der Waals surface area contributed by atoms with Crippen LogP contribution in [0.2, 0.25) is 0 Å². The summed E-state index contributed by atoms with van der Waals surface area (Å²) in [7, 11) is 0. The van der Waals surface area contributed by atoms with Crippen molar-refractivity contribution in [1.82, 2.24) is 9.78 Å². The summed E-state index contributed by atoms with van der Waals surface area (Å²) in [6.07, 6.45) is 4.67. The molecule has 1 unspecified atom stereocenters. The Hall–Kier alpha value is -0.830. The second-order valence-corrected chi connectivity index (χ2v) is 3.21. The van der Waals surface area contributed by atoms with E-state index < -0.39 is 0 Å². The molecule has 0 aliphatic rings. The Bertz CT molecular complexity index is 201. The van der Waals surface area contributed by atoms with E-state index in [-0.39, 0.29) is 5.54 Å². The fraction of sp³-hybridized carbons (Fsp3) is 0.625. The molecule has 0 amide bonds. The topological polar surface area (TPSA) is 43.8 Å². The zero-order valence-electron chi connectivity index (χ0n) is 7.12. The summed E-state index contributed by atoms with van der Waals surface area (Å²) < 4.78 is 1.86. The van der Waals surface area contributed by atoms with Crippen molar-refractivity contribution < 1.29 is 0 Å². The summed E-state index contributed by atoms with van der Waals surface area (Å²) in [4.78, 5) is 0. The quantitative estimate of drug-likeness (QED) is 0.704. The van der Waals surface area contributed by atoms with Crippen molar-refractivity contribution in [3.05, 3.63) is 18.5 Å². The van der Waals surface area contributed by atoms with Crippen molar-refractivity contribution in [2.45, 2.75) is 32.4 Å². The number of nitrogens with two attached hydrogens (primary N) is 1. The maximum absolute atomic E-state index is 5.95. The van der Waals surface area contributed by atoms with Gasteiger partial charge in [0.2, 0.25) is 0 Å². The Kier molecular flexibility index (Phi) is 2.29. The maximum atomic E-state index is 5.95. The molecule has 0 radical (unpaired) electrons. The van der Waals surface area contributed by atoms with Crippen LogP contribution in [-0.2, 0) is 6.54 Å². The molecule has 0 aromatic carbocycles. The highest BCUT2D eigenvalue weighted by Crippen LogP contribution is 2.06. The molecule has 1 aromatic rings. The van der Waals surface area contributed by atoms with Crippen LogP contribution < -0.4 is 5.73 Å². The van der Waals surface area contributed by atoms with Gasteiger partial charge in [-0.2, -0.15) is 5.10 Å². The predicted molar refractivity (Wildman–Crippen MR) is 45.1 cm³/mol. The molecule has 0 aliphatic carbocycles. The molecule has 1 rings (SSSR count). The smallest absolute Gasteiger partial charge is 0.0586 e. The molecule has 1 atom stereocenters. The molecular weight excluding hydrogens is 138 g/mol. The lowest BCUT2D eigenvalue weighted by molar-refractivity contribution is 0.365. The van der Waals surface area contributed by atoms with Crippen LogP contribution >= 0.6 is 0 Å². The summed E-state index contributed by atoms with van der Waals surface area (Å²) in [6, 6.07) is 1.91. The third-order valence-corrected chi connectivity index (χ3v) is 1.89. The lowest BCUT2D eigenvalue weighted by atomic mass is 10.0. The van der Waals surface area contributed by atoms with E-state index in [0.717, 1.165) is 13.0 Å². The fourth-order valence-electron chi connectivity index (χ4n) is 0.876. The first-order valence-electron chi connectivity index (χ1n) is 3.90. The van der Waals surface area contributed by atoms with Gasteiger partial charge in [-0.3, -0.25) is 4.68 Å². The second-order valence-electron chi connectivity index (χ2n) is 3.21. The highest BCUT2D eigenvalue weighted by atomic mass is 15.3. The van der Waals surface area contributed by atoms with Gasteiger partial charge in [0, 0.05) is 17.9 Å². The van der Waals surface area contributed by atoms with E-state index >= 15 is 0 Å². The van der Waals surface area contributed by atoms with Crippen LogP contribution in [0, 0.1) is 0 Å². The van der Waals surface area contributed by atoms with Crippen molar-refractivity contribution in [1.29, 1.82) is 0 Å². The number of hydrogen-bond acceptors (Lipinski definition) is 2. The molecule has 62 valence electrons. The van der Waals surface area contributed by atoms with Gasteiger partial charge in [-0.1, -0.05) is 6.92 Å². The van der Waals surface area contributed by atoms with Crippen molar-refractivity contribution in [2.24, 2.45) is 5.73 Å². The average Bonchev–Trinajstić information content (AvgIpc) is 2.39. The Labute approximate surface area is 67.2 Å². The first kappa shape index (κ1) is 8.27. The summed E-state index contributed by atoms with van der Waals surface area (Å²) in [5, 5.41) is 4.09. The van der Waals surface area contributed by atoms with Gasteiger partial charge >= 0.3 is 0 Å². The van der Waals surface area contributed by atoms with Crippen molar-refractivity contribution in [3.63, 3.8) is 0 Å². The average molecular weight is 153 g/mol. The Morgan fingerprint density at radius 3 is 2.82 bits per heavy atom. The van der Waals surface area contributed by atoms with Gasteiger partial charge < -0.3 is 5.73 Å². The van der Waals surface area contributed by atoms with Gasteiger partial charge in [-0.25, -0.2) is 0 Å². The fourth-order valence-corrected chi connectivity index (χ4v) is 0.876. The van der Waals surface area contributed by atoms with Gasteiger partial charge in [-0.15, -0.1) is 0 Å². The molecule has 0 saturated heterocycles. The largest absolute Gasteiger partial charge is 0.324 e. The van der Waals surface area contributed by atoms with Crippen LogP contribution in [0.5, 0.6) is 0 Å². The highest BCUT2D eigenvalue weighted by Gasteiger charge is 2.15. The molecule has 0 fully saturated rings. The third-order valence-electron chi connectivity index (χ3n) is 1.89. The molecule has 1 heterocycles. The van der Waals surface area contributed by atoms with Crippen LogP contribution in [0.1, 0.15) is 20.3 Å². The predicted octanol–water partition coefficient (Wildman–Crippen LogP) is 1.01. The second kappa shape index (κ2) is 3.05. The normalized spacial score (nSPS) is 16.3. The number of aromatic nitrogens is 2. The maximum Gasteiger partial charge on any atom is 0.0586 e. The monoisotopic (exact) mass is 153 g/mol. The van der Waals surface area contributed by atoms with Crippen molar-refractivity contribution in [3.8, 4) is 0 Å². The van der Waals surface area contributed by atoms with Crippen LogP contribution in [0.25, 0.3) is 0 Å². The molecule has 1 aromatic heterocycles. The molecular formula is C8H15N3. The van der Waals surface area contributed by atoms with Gasteiger partial charge in [0.05, 0.1) is 6.54 Å². The Morgan fingerprint density at radius 2 is 2.36 bits per heavy atom. The molecule has 0 saturated carbocycles. The summed E-state index contributed by atoms with van der Waals surface area (Å²) in [5.41, 5.74) is 5.81. The minimum atomic E-state index is -0.133. The molecule has 0 spiro atoms.